The Balaban J connectivity index is 1.88. The second-order valence-corrected chi connectivity index (χ2v) is 4.99. The number of hydrogen-bond donors (Lipinski definition) is 0. The maximum atomic E-state index is 11.9. The molecule has 1 atom stereocenters. The Labute approximate surface area is 129 Å². The van der Waals surface area contributed by atoms with Gasteiger partial charge in [0.1, 0.15) is 12.4 Å². The highest BCUT2D eigenvalue weighted by Crippen LogP contribution is 2.14. The Kier molecular flexibility index (Phi) is 5.16. The molecule has 2 aromatic rings. The summed E-state index contributed by atoms with van der Waals surface area (Å²) in [4.78, 5) is 11.9. The van der Waals surface area contributed by atoms with Gasteiger partial charge in [-0.25, -0.2) is 4.79 Å². The van der Waals surface area contributed by atoms with Crippen molar-refractivity contribution in [2.24, 2.45) is 0 Å². The third-order valence-corrected chi connectivity index (χ3v) is 3.10. The zero-order chi connectivity index (χ0) is 15.9. The minimum atomic E-state index is -0.693. The predicted molar refractivity (Wildman–Crippen MR) is 82.2 cm³/mol. The van der Waals surface area contributed by atoms with Crippen molar-refractivity contribution >= 4 is 5.97 Å². The standard InChI is InChI=1S/C18H17NO3/c1-13-6-8-17(9-7-13)22-14(2)18(20)21-12-16-5-3-4-15(10-16)11-19/h3-10,14H,12H2,1-2H3. The lowest BCUT2D eigenvalue weighted by Gasteiger charge is -2.14. The van der Waals surface area contributed by atoms with E-state index in [0.29, 0.717) is 11.3 Å². The van der Waals surface area contributed by atoms with Crippen molar-refractivity contribution in [1.29, 1.82) is 5.26 Å². The fraction of sp³-hybridized carbons (Fsp3) is 0.222. The van der Waals surface area contributed by atoms with Gasteiger partial charge in [0.25, 0.3) is 0 Å². The zero-order valence-electron chi connectivity index (χ0n) is 12.6. The fourth-order valence-electron chi connectivity index (χ4n) is 1.87. The number of aryl methyl sites for hydroxylation is 1. The molecule has 2 rings (SSSR count). The van der Waals surface area contributed by atoms with E-state index >= 15 is 0 Å². The number of carbonyl (C=O) groups excluding carboxylic acids is 1. The molecule has 0 bridgehead atoms. The highest BCUT2D eigenvalue weighted by atomic mass is 16.6. The molecule has 0 spiro atoms. The van der Waals surface area contributed by atoms with Crippen molar-refractivity contribution < 1.29 is 14.3 Å². The van der Waals surface area contributed by atoms with E-state index in [1.54, 1.807) is 31.2 Å². The summed E-state index contributed by atoms with van der Waals surface area (Å²) in [6, 6.07) is 16.5. The smallest absolute Gasteiger partial charge is 0.347 e. The van der Waals surface area contributed by atoms with E-state index in [0.717, 1.165) is 11.1 Å². The van der Waals surface area contributed by atoms with Gasteiger partial charge in [-0.05, 0) is 43.7 Å². The molecule has 2 aromatic carbocycles. The van der Waals surface area contributed by atoms with Gasteiger partial charge in [-0.15, -0.1) is 0 Å². The summed E-state index contributed by atoms with van der Waals surface area (Å²) in [6.45, 7) is 3.75. The number of esters is 1. The van der Waals surface area contributed by atoms with Crippen LogP contribution in [0.3, 0.4) is 0 Å². The van der Waals surface area contributed by atoms with Crippen molar-refractivity contribution in [3.8, 4) is 11.8 Å². The molecule has 22 heavy (non-hydrogen) atoms. The fourth-order valence-corrected chi connectivity index (χ4v) is 1.87. The van der Waals surface area contributed by atoms with E-state index < -0.39 is 12.1 Å². The summed E-state index contributed by atoms with van der Waals surface area (Å²) in [5.74, 6) is 0.185. The van der Waals surface area contributed by atoms with Gasteiger partial charge in [0.05, 0.1) is 11.6 Å². The second-order valence-electron chi connectivity index (χ2n) is 4.99. The third kappa shape index (κ3) is 4.35. The molecule has 0 fully saturated rings. The van der Waals surface area contributed by atoms with Crippen molar-refractivity contribution in [2.75, 3.05) is 0 Å². The average molecular weight is 295 g/mol. The largest absolute Gasteiger partial charge is 0.479 e. The molecule has 112 valence electrons. The van der Waals surface area contributed by atoms with E-state index in [9.17, 15) is 4.79 Å². The molecule has 4 heteroatoms. The van der Waals surface area contributed by atoms with E-state index in [2.05, 4.69) is 0 Å². The maximum absolute atomic E-state index is 11.9. The Bertz CT molecular complexity index is 686. The lowest BCUT2D eigenvalue weighted by molar-refractivity contribution is -0.152. The third-order valence-electron chi connectivity index (χ3n) is 3.10. The van der Waals surface area contributed by atoms with Crippen LogP contribution in [-0.4, -0.2) is 12.1 Å². The number of carbonyl (C=O) groups is 1. The van der Waals surface area contributed by atoms with Gasteiger partial charge < -0.3 is 9.47 Å². The molecule has 0 aromatic heterocycles. The maximum Gasteiger partial charge on any atom is 0.347 e. The molecule has 1 unspecified atom stereocenters. The number of nitrogens with zero attached hydrogens (tertiary/aromatic N) is 1. The summed E-state index contributed by atoms with van der Waals surface area (Å²) in [7, 11) is 0. The predicted octanol–water partition coefficient (Wildman–Crippen LogP) is 3.38. The minimum absolute atomic E-state index is 0.121. The molecule has 4 nitrogen and oxygen atoms in total. The van der Waals surface area contributed by atoms with Crippen LogP contribution < -0.4 is 4.74 Å². The van der Waals surface area contributed by atoms with E-state index in [1.807, 2.05) is 37.3 Å². The lowest BCUT2D eigenvalue weighted by Crippen LogP contribution is -2.26. The first-order valence-corrected chi connectivity index (χ1v) is 6.97. The highest BCUT2D eigenvalue weighted by Gasteiger charge is 2.16. The summed E-state index contributed by atoms with van der Waals surface area (Å²) < 4.78 is 10.7. The van der Waals surface area contributed by atoms with Crippen LogP contribution in [-0.2, 0) is 16.1 Å². The molecule has 0 amide bonds. The Morgan fingerprint density at radius 2 is 1.95 bits per heavy atom. The monoisotopic (exact) mass is 295 g/mol. The van der Waals surface area contributed by atoms with E-state index in [4.69, 9.17) is 14.7 Å². The summed E-state index contributed by atoms with van der Waals surface area (Å²) in [5, 5.41) is 8.83. The molecular weight excluding hydrogens is 278 g/mol. The molecule has 0 heterocycles. The van der Waals surface area contributed by atoms with Crippen molar-refractivity contribution in [3.63, 3.8) is 0 Å². The topological polar surface area (TPSA) is 59.3 Å². The van der Waals surface area contributed by atoms with Crippen molar-refractivity contribution in [3.05, 3.63) is 65.2 Å². The Morgan fingerprint density at radius 1 is 1.23 bits per heavy atom. The summed E-state index contributed by atoms with van der Waals surface area (Å²) in [5.41, 5.74) is 2.44. The van der Waals surface area contributed by atoms with Gasteiger partial charge in [-0.3, -0.25) is 0 Å². The zero-order valence-corrected chi connectivity index (χ0v) is 12.6. The van der Waals surface area contributed by atoms with E-state index in [1.165, 1.54) is 0 Å². The molecule has 0 saturated carbocycles. The van der Waals surface area contributed by atoms with Crippen LogP contribution in [0.15, 0.2) is 48.5 Å². The summed E-state index contributed by atoms with van der Waals surface area (Å²) in [6.07, 6.45) is -0.693. The van der Waals surface area contributed by atoms with E-state index in [-0.39, 0.29) is 6.61 Å². The number of nitriles is 1. The SMILES string of the molecule is Cc1ccc(OC(C)C(=O)OCc2cccc(C#N)c2)cc1. The molecule has 0 aliphatic rings. The minimum Gasteiger partial charge on any atom is -0.479 e. The van der Waals surface area contributed by atoms with Crippen LogP contribution in [0, 0.1) is 18.3 Å². The van der Waals surface area contributed by atoms with Crippen molar-refractivity contribution in [2.45, 2.75) is 26.6 Å². The number of hydrogen-bond acceptors (Lipinski definition) is 4. The van der Waals surface area contributed by atoms with Crippen LogP contribution in [0.5, 0.6) is 5.75 Å². The Morgan fingerprint density at radius 3 is 2.64 bits per heavy atom. The first-order chi connectivity index (χ1) is 10.6. The van der Waals surface area contributed by atoms with Crippen LogP contribution in [0.25, 0.3) is 0 Å². The lowest BCUT2D eigenvalue weighted by atomic mass is 10.1. The Hall–Kier alpha value is -2.80. The van der Waals surface area contributed by atoms with Crippen LogP contribution in [0.4, 0.5) is 0 Å². The average Bonchev–Trinajstić information content (AvgIpc) is 2.54. The molecule has 0 aliphatic heterocycles. The van der Waals surface area contributed by atoms with Crippen LogP contribution >= 0.6 is 0 Å². The number of rotatable bonds is 5. The molecule has 0 radical (unpaired) electrons. The van der Waals surface area contributed by atoms with Gasteiger partial charge in [-0.2, -0.15) is 5.26 Å². The van der Waals surface area contributed by atoms with Crippen LogP contribution in [0.2, 0.25) is 0 Å². The van der Waals surface area contributed by atoms with Gasteiger partial charge in [0.2, 0.25) is 0 Å². The van der Waals surface area contributed by atoms with Crippen molar-refractivity contribution in [1.82, 2.24) is 0 Å². The first kappa shape index (κ1) is 15.6. The normalized spacial score (nSPS) is 11.3. The molecule has 0 saturated heterocycles. The number of benzene rings is 2. The highest BCUT2D eigenvalue weighted by molar-refractivity contribution is 5.74. The summed E-state index contributed by atoms with van der Waals surface area (Å²) >= 11 is 0. The van der Waals surface area contributed by atoms with Gasteiger partial charge in [0.15, 0.2) is 6.10 Å². The van der Waals surface area contributed by atoms with Gasteiger partial charge >= 0.3 is 5.97 Å². The van der Waals surface area contributed by atoms with Crippen LogP contribution in [0.1, 0.15) is 23.6 Å². The van der Waals surface area contributed by atoms with Gasteiger partial charge in [-0.1, -0.05) is 29.8 Å². The second kappa shape index (κ2) is 7.28. The first-order valence-electron chi connectivity index (χ1n) is 6.97. The quantitative estimate of drug-likeness (QED) is 0.793. The molecular formula is C18H17NO3. The molecule has 0 aliphatic carbocycles. The molecule has 0 N–H and O–H groups in total. The van der Waals surface area contributed by atoms with Gasteiger partial charge in [0, 0.05) is 0 Å². The number of ether oxygens (including phenoxy) is 2.